The van der Waals surface area contributed by atoms with Gasteiger partial charge in [-0.25, -0.2) is 9.59 Å². The van der Waals surface area contributed by atoms with E-state index in [4.69, 9.17) is 18.9 Å². The van der Waals surface area contributed by atoms with Gasteiger partial charge in [-0.2, -0.15) is 0 Å². The highest BCUT2D eigenvalue weighted by Crippen LogP contribution is 2.30. The molecule has 6 heteroatoms. The Bertz CT molecular complexity index is 842. The van der Waals surface area contributed by atoms with Gasteiger partial charge < -0.3 is 18.9 Å². The number of hydrogen-bond acceptors (Lipinski definition) is 6. The minimum absolute atomic E-state index is 0.185. The van der Waals surface area contributed by atoms with E-state index in [1.807, 2.05) is 0 Å². The van der Waals surface area contributed by atoms with Gasteiger partial charge in [-0.1, -0.05) is 18.2 Å². The first kappa shape index (κ1) is 17.5. The zero-order valence-electron chi connectivity index (χ0n) is 14.6. The van der Waals surface area contributed by atoms with Crippen molar-refractivity contribution < 1.29 is 28.5 Å². The number of carbonyl (C=O) groups excluding carboxylic acids is 2. The van der Waals surface area contributed by atoms with Crippen LogP contribution < -0.4 is 9.47 Å². The van der Waals surface area contributed by atoms with Gasteiger partial charge in [0.2, 0.25) is 0 Å². The molecule has 0 amide bonds. The first-order valence-corrected chi connectivity index (χ1v) is 7.97. The topological polar surface area (TPSA) is 71.1 Å². The Morgan fingerprint density at radius 3 is 2.08 bits per heavy atom. The SMILES string of the molecule is COc1ccc(Oc2ccccc2C=C2C(=O)OC(C)(C)OC2=O)cc1. The molecule has 0 unspecified atom stereocenters. The summed E-state index contributed by atoms with van der Waals surface area (Å²) in [6.07, 6.45) is 1.40. The molecule has 6 nitrogen and oxygen atoms in total. The summed E-state index contributed by atoms with van der Waals surface area (Å²) in [7, 11) is 1.58. The number of ether oxygens (including phenoxy) is 4. The van der Waals surface area contributed by atoms with Gasteiger partial charge in [0.25, 0.3) is 5.79 Å². The fourth-order valence-corrected chi connectivity index (χ4v) is 2.40. The van der Waals surface area contributed by atoms with Gasteiger partial charge in [-0.3, -0.25) is 0 Å². The van der Waals surface area contributed by atoms with Crippen LogP contribution in [0.1, 0.15) is 19.4 Å². The zero-order chi connectivity index (χ0) is 18.7. The third kappa shape index (κ3) is 3.85. The Hall–Kier alpha value is -3.28. The fraction of sp³-hybridized carbons (Fsp3) is 0.200. The van der Waals surface area contributed by atoms with Crippen LogP contribution in [-0.4, -0.2) is 24.8 Å². The van der Waals surface area contributed by atoms with Crippen LogP contribution in [0.5, 0.6) is 17.2 Å². The number of rotatable bonds is 4. The Morgan fingerprint density at radius 1 is 0.885 bits per heavy atom. The minimum atomic E-state index is -1.27. The summed E-state index contributed by atoms with van der Waals surface area (Å²) in [4.78, 5) is 24.2. The maximum Gasteiger partial charge on any atom is 0.348 e. The lowest BCUT2D eigenvalue weighted by molar-refractivity contribution is -0.222. The molecule has 0 atom stereocenters. The van der Waals surface area contributed by atoms with Gasteiger partial charge >= 0.3 is 11.9 Å². The highest BCUT2D eigenvalue weighted by atomic mass is 16.7. The Labute approximate surface area is 150 Å². The Kier molecular flexibility index (Phi) is 4.67. The molecule has 0 aliphatic carbocycles. The molecule has 0 spiro atoms. The highest BCUT2D eigenvalue weighted by molar-refractivity contribution is 6.19. The van der Waals surface area contributed by atoms with Crippen molar-refractivity contribution in [2.45, 2.75) is 19.6 Å². The van der Waals surface area contributed by atoms with E-state index >= 15 is 0 Å². The summed E-state index contributed by atoms with van der Waals surface area (Å²) < 4.78 is 21.2. The number of benzene rings is 2. The van der Waals surface area contributed by atoms with Crippen molar-refractivity contribution in [2.75, 3.05) is 7.11 Å². The smallest absolute Gasteiger partial charge is 0.348 e. The van der Waals surface area contributed by atoms with Crippen LogP contribution in [0.4, 0.5) is 0 Å². The lowest BCUT2D eigenvalue weighted by Gasteiger charge is -2.29. The van der Waals surface area contributed by atoms with Crippen LogP contribution in [0.2, 0.25) is 0 Å². The molecular formula is C20H18O6. The van der Waals surface area contributed by atoms with Crippen molar-refractivity contribution in [1.82, 2.24) is 0 Å². The molecule has 1 aliphatic heterocycles. The normalized spacial score (nSPS) is 15.7. The van der Waals surface area contributed by atoms with Crippen molar-refractivity contribution in [3.8, 4) is 17.2 Å². The molecule has 1 saturated heterocycles. The first-order chi connectivity index (χ1) is 12.4. The molecule has 2 aromatic carbocycles. The van der Waals surface area contributed by atoms with E-state index in [2.05, 4.69) is 0 Å². The molecule has 3 rings (SSSR count). The van der Waals surface area contributed by atoms with Crippen LogP contribution in [0.15, 0.2) is 54.1 Å². The zero-order valence-corrected chi connectivity index (χ0v) is 14.6. The number of esters is 2. The van der Waals surface area contributed by atoms with Crippen molar-refractivity contribution in [3.05, 3.63) is 59.7 Å². The van der Waals surface area contributed by atoms with Crippen molar-refractivity contribution >= 4 is 18.0 Å². The summed E-state index contributed by atoms with van der Waals surface area (Å²) >= 11 is 0. The molecule has 0 saturated carbocycles. The maximum absolute atomic E-state index is 12.1. The van der Waals surface area contributed by atoms with Gasteiger partial charge in [0.05, 0.1) is 7.11 Å². The number of para-hydroxylation sites is 1. The lowest BCUT2D eigenvalue weighted by Crippen LogP contribution is -2.41. The van der Waals surface area contributed by atoms with Crippen molar-refractivity contribution in [1.29, 1.82) is 0 Å². The van der Waals surface area contributed by atoms with Crippen LogP contribution in [-0.2, 0) is 19.1 Å². The minimum Gasteiger partial charge on any atom is -0.497 e. The fourth-order valence-electron chi connectivity index (χ4n) is 2.40. The highest BCUT2D eigenvalue weighted by Gasteiger charge is 2.38. The van der Waals surface area contributed by atoms with E-state index < -0.39 is 17.7 Å². The second-order valence-electron chi connectivity index (χ2n) is 6.05. The van der Waals surface area contributed by atoms with E-state index in [0.717, 1.165) is 0 Å². The molecule has 0 radical (unpaired) electrons. The Balaban J connectivity index is 1.89. The quantitative estimate of drug-likeness (QED) is 0.474. The Morgan fingerprint density at radius 2 is 1.46 bits per heavy atom. The lowest BCUT2D eigenvalue weighted by atomic mass is 10.1. The van der Waals surface area contributed by atoms with Crippen molar-refractivity contribution in [3.63, 3.8) is 0 Å². The predicted molar refractivity (Wildman–Crippen MR) is 93.8 cm³/mol. The standard InChI is InChI=1S/C20H18O6/c1-20(2)25-18(21)16(19(22)26-20)12-13-6-4-5-7-17(13)24-15-10-8-14(23-3)9-11-15/h4-12H,1-3H3. The van der Waals surface area contributed by atoms with Crippen LogP contribution >= 0.6 is 0 Å². The monoisotopic (exact) mass is 354 g/mol. The van der Waals surface area contributed by atoms with E-state index in [0.29, 0.717) is 22.8 Å². The third-order valence-corrected chi connectivity index (χ3v) is 3.62. The molecule has 0 N–H and O–H groups in total. The molecule has 1 fully saturated rings. The van der Waals surface area contributed by atoms with Crippen molar-refractivity contribution in [2.24, 2.45) is 0 Å². The molecule has 1 aliphatic rings. The largest absolute Gasteiger partial charge is 0.497 e. The van der Waals surface area contributed by atoms with E-state index in [1.165, 1.54) is 19.9 Å². The van der Waals surface area contributed by atoms with Gasteiger partial charge in [0.1, 0.15) is 22.8 Å². The molecule has 1 heterocycles. The number of methoxy groups -OCH3 is 1. The third-order valence-electron chi connectivity index (χ3n) is 3.62. The molecule has 26 heavy (non-hydrogen) atoms. The summed E-state index contributed by atoms with van der Waals surface area (Å²) in [6, 6.07) is 14.1. The predicted octanol–water partition coefficient (Wildman–Crippen LogP) is 3.71. The molecule has 0 bridgehead atoms. The van der Waals surface area contributed by atoms with E-state index in [9.17, 15) is 9.59 Å². The average Bonchev–Trinajstić information content (AvgIpc) is 2.59. The van der Waals surface area contributed by atoms with Crippen LogP contribution in [0, 0.1) is 0 Å². The van der Waals surface area contributed by atoms with Gasteiger partial charge in [-0.15, -0.1) is 0 Å². The molecule has 0 aromatic heterocycles. The number of cyclic esters (lactones) is 2. The summed E-state index contributed by atoms with van der Waals surface area (Å²) in [6.45, 7) is 3.00. The van der Waals surface area contributed by atoms with Crippen LogP contribution in [0.3, 0.4) is 0 Å². The second kappa shape index (κ2) is 6.92. The van der Waals surface area contributed by atoms with Gasteiger partial charge in [-0.05, 0) is 36.4 Å². The summed E-state index contributed by atoms with van der Waals surface area (Å²) in [5.74, 6) is -0.953. The second-order valence-corrected chi connectivity index (χ2v) is 6.05. The number of carbonyl (C=O) groups is 2. The van der Waals surface area contributed by atoms with Crippen LogP contribution in [0.25, 0.3) is 6.08 Å². The van der Waals surface area contributed by atoms with Gasteiger partial charge in [0.15, 0.2) is 0 Å². The molecular weight excluding hydrogens is 336 g/mol. The molecule has 134 valence electrons. The number of hydrogen-bond donors (Lipinski definition) is 0. The van der Waals surface area contributed by atoms with E-state index in [-0.39, 0.29) is 5.57 Å². The van der Waals surface area contributed by atoms with E-state index in [1.54, 1.807) is 55.6 Å². The van der Waals surface area contributed by atoms with Gasteiger partial charge in [0, 0.05) is 19.4 Å². The first-order valence-electron chi connectivity index (χ1n) is 7.97. The average molecular weight is 354 g/mol. The summed E-state index contributed by atoms with van der Waals surface area (Å²) in [5.41, 5.74) is 0.363. The summed E-state index contributed by atoms with van der Waals surface area (Å²) in [5, 5.41) is 0. The maximum atomic E-state index is 12.1. The molecule has 2 aromatic rings.